The van der Waals surface area contributed by atoms with E-state index in [-0.39, 0.29) is 0 Å². The average molecular weight is 248 g/mol. The Kier molecular flexibility index (Phi) is 2.92. The first kappa shape index (κ1) is 11.7. The van der Waals surface area contributed by atoms with Crippen LogP contribution in [-0.4, -0.2) is 4.98 Å². The second kappa shape index (κ2) is 4.73. The van der Waals surface area contributed by atoms with Gasteiger partial charge in [0.25, 0.3) is 0 Å². The SMILES string of the molecule is Cc1cc(N)cc(Cc2ccnc3ccccc23)c1. The van der Waals surface area contributed by atoms with E-state index in [4.69, 9.17) is 5.73 Å². The first-order valence-electron chi connectivity index (χ1n) is 6.41. The summed E-state index contributed by atoms with van der Waals surface area (Å²) in [6.45, 7) is 2.07. The number of rotatable bonds is 2. The molecule has 2 heteroatoms. The van der Waals surface area contributed by atoms with Crippen LogP contribution in [0.15, 0.2) is 54.7 Å². The Balaban J connectivity index is 2.05. The summed E-state index contributed by atoms with van der Waals surface area (Å²) < 4.78 is 0. The van der Waals surface area contributed by atoms with Crippen molar-refractivity contribution in [3.8, 4) is 0 Å². The van der Waals surface area contributed by atoms with Crippen molar-refractivity contribution in [3.63, 3.8) is 0 Å². The fraction of sp³-hybridized carbons (Fsp3) is 0.118. The van der Waals surface area contributed by atoms with E-state index in [9.17, 15) is 0 Å². The third-order valence-electron chi connectivity index (χ3n) is 3.29. The number of nitrogen functional groups attached to an aromatic ring is 1. The first-order valence-corrected chi connectivity index (χ1v) is 6.41. The number of pyridine rings is 1. The average Bonchev–Trinajstić information content (AvgIpc) is 2.38. The molecule has 3 rings (SSSR count). The van der Waals surface area contributed by atoms with Crippen molar-refractivity contribution >= 4 is 16.6 Å². The molecule has 0 saturated heterocycles. The molecule has 0 fully saturated rings. The standard InChI is InChI=1S/C17H16N2/c1-12-8-13(11-15(18)9-12)10-14-6-7-19-17-5-3-2-4-16(14)17/h2-9,11H,10,18H2,1H3. The lowest BCUT2D eigenvalue weighted by atomic mass is 9.99. The third-order valence-corrected chi connectivity index (χ3v) is 3.29. The lowest BCUT2D eigenvalue weighted by molar-refractivity contribution is 1.19. The van der Waals surface area contributed by atoms with Gasteiger partial charge in [-0.2, -0.15) is 0 Å². The van der Waals surface area contributed by atoms with Crippen LogP contribution in [0.2, 0.25) is 0 Å². The second-order valence-electron chi connectivity index (χ2n) is 4.92. The van der Waals surface area contributed by atoms with Crippen molar-refractivity contribution in [3.05, 3.63) is 71.4 Å². The molecule has 2 aromatic carbocycles. The number of nitrogens with zero attached hydrogens (tertiary/aromatic N) is 1. The third kappa shape index (κ3) is 2.43. The minimum Gasteiger partial charge on any atom is -0.399 e. The molecule has 2 N–H and O–H groups in total. The molecule has 2 nitrogen and oxygen atoms in total. The predicted octanol–water partition coefficient (Wildman–Crippen LogP) is 3.72. The van der Waals surface area contributed by atoms with Gasteiger partial charge in [0.05, 0.1) is 5.52 Å². The maximum absolute atomic E-state index is 5.91. The normalized spacial score (nSPS) is 10.8. The summed E-state index contributed by atoms with van der Waals surface area (Å²) in [6.07, 6.45) is 2.76. The van der Waals surface area contributed by atoms with Crippen molar-refractivity contribution in [2.45, 2.75) is 13.3 Å². The number of fused-ring (bicyclic) bond motifs is 1. The lowest BCUT2D eigenvalue weighted by Gasteiger charge is -2.08. The van der Waals surface area contributed by atoms with Gasteiger partial charge in [-0.1, -0.05) is 24.3 Å². The molecule has 0 bridgehead atoms. The molecule has 0 aliphatic carbocycles. The molecule has 0 spiro atoms. The maximum atomic E-state index is 5.91. The summed E-state index contributed by atoms with van der Waals surface area (Å²) in [4.78, 5) is 4.39. The van der Waals surface area contributed by atoms with Gasteiger partial charge < -0.3 is 5.73 Å². The fourth-order valence-corrected chi connectivity index (χ4v) is 2.53. The molecule has 0 unspecified atom stereocenters. The highest BCUT2D eigenvalue weighted by molar-refractivity contribution is 5.82. The number of benzene rings is 2. The van der Waals surface area contributed by atoms with Crippen LogP contribution in [-0.2, 0) is 6.42 Å². The Morgan fingerprint density at radius 2 is 1.89 bits per heavy atom. The van der Waals surface area contributed by atoms with Crippen LogP contribution in [0.5, 0.6) is 0 Å². The molecule has 0 atom stereocenters. The van der Waals surface area contributed by atoms with E-state index >= 15 is 0 Å². The summed E-state index contributed by atoms with van der Waals surface area (Å²) in [7, 11) is 0. The van der Waals surface area contributed by atoms with Crippen LogP contribution in [0.3, 0.4) is 0 Å². The highest BCUT2D eigenvalue weighted by atomic mass is 14.6. The van der Waals surface area contributed by atoms with E-state index in [0.717, 1.165) is 17.6 Å². The quantitative estimate of drug-likeness (QED) is 0.702. The van der Waals surface area contributed by atoms with Gasteiger partial charge in [0, 0.05) is 17.3 Å². The number of nitrogens with two attached hydrogens (primary N) is 1. The number of aromatic nitrogens is 1. The second-order valence-corrected chi connectivity index (χ2v) is 4.92. The fourth-order valence-electron chi connectivity index (χ4n) is 2.53. The maximum Gasteiger partial charge on any atom is 0.0704 e. The van der Waals surface area contributed by atoms with Crippen LogP contribution < -0.4 is 5.73 Å². The van der Waals surface area contributed by atoms with Gasteiger partial charge in [-0.15, -0.1) is 0 Å². The number of anilines is 1. The van der Waals surface area contributed by atoms with E-state index in [1.54, 1.807) is 0 Å². The van der Waals surface area contributed by atoms with Gasteiger partial charge >= 0.3 is 0 Å². The van der Waals surface area contributed by atoms with Gasteiger partial charge in [0.1, 0.15) is 0 Å². The van der Waals surface area contributed by atoms with Crippen molar-refractivity contribution in [2.75, 3.05) is 5.73 Å². The Hall–Kier alpha value is -2.35. The number of hydrogen-bond acceptors (Lipinski definition) is 2. The van der Waals surface area contributed by atoms with Crippen LogP contribution >= 0.6 is 0 Å². The lowest BCUT2D eigenvalue weighted by Crippen LogP contribution is -1.94. The van der Waals surface area contributed by atoms with Gasteiger partial charge in [-0.05, 0) is 54.3 Å². The molecule has 19 heavy (non-hydrogen) atoms. The summed E-state index contributed by atoms with van der Waals surface area (Å²) >= 11 is 0. The van der Waals surface area contributed by atoms with Gasteiger partial charge in [0.2, 0.25) is 0 Å². The van der Waals surface area contributed by atoms with Crippen molar-refractivity contribution < 1.29 is 0 Å². The van der Waals surface area contributed by atoms with Crippen molar-refractivity contribution in [1.29, 1.82) is 0 Å². The first-order chi connectivity index (χ1) is 9.22. The molecule has 94 valence electrons. The Morgan fingerprint density at radius 1 is 1.05 bits per heavy atom. The summed E-state index contributed by atoms with van der Waals surface area (Å²) in [5.41, 5.74) is 11.5. The molecular formula is C17H16N2. The largest absolute Gasteiger partial charge is 0.399 e. The van der Waals surface area contributed by atoms with Crippen molar-refractivity contribution in [1.82, 2.24) is 4.98 Å². The highest BCUT2D eigenvalue weighted by Crippen LogP contribution is 2.21. The molecule has 0 radical (unpaired) electrons. The molecule has 0 amide bonds. The molecular weight excluding hydrogens is 232 g/mol. The van der Waals surface area contributed by atoms with E-state index < -0.39 is 0 Å². The Labute approximate surface area is 112 Å². The molecule has 1 aromatic heterocycles. The van der Waals surface area contributed by atoms with Gasteiger partial charge in [-0.3, -0.25) is 4.98 Å². The smallest absolute Gasteiger partial charge is 0.0704 e. The van der Waals surface area contributed by atoms with E-state index in [1.165, 1.54) is 22.1 Å². The number of para-hydroxylation sites is 1. The Morgan fingerprint density at radius 3 is 2.74 bits per heavy atom. The van der Waals surface area contributed by atoms with Gasteiger partial charge in [-0.25, -0.2) is 0 Å². The van der Waals surface area contributed by atoms with Gasteiger partial charge in [0.15, 0.2) is 0 Å². The van der Waals surface area contributed by atoms with Crippen LogP contribution in [0.1, 0.15) is 16.7 Å². The summed E-state index contributed by atoms with van der Waals surface area (Å²) in [6, 6.07) is 16.5. The monoisotopic (exact) mass is 248 g/mol. The van der Waals surface area contributed by atoms with Crippen LogP contribution in [0.4, 0.5) is 5.69 Å². The molecule has 3 aromatic rings. The van der Waals surface area contributed by atoms with E-state index in [1.807, 2.05) is 30.5 Å². The Bertz CT molecular complexity index is 707. The predicted molar refractivity (Wildman–Crippen MR) is 80.1 cm³/mol. The zero-order valence-corrected chi connectivity index (χ0v) is 10.9. The zero-order valence-electron chi connectivity index (χ0n) is 10.9. The molecule has 0 aliphatic rings. The topological polar surface area (TPSA) is 38.9 Å². The molecule has 1 heterocycles. The summed E-state index contributed by atoms with van der Waals surface area (Å²) in [5.74, 6) is 0. The summed E-state index contributed by atoms with van der Waals surface area (Å²) in [5, 5.41) is 1.21. The highest BCUT2D eigenvalue weighted by Gasteiger charge is 2.03. The number of hydrogen-bond donors (Lipinski definition) is 1. The minimum atomic E-state index is 0.827. The van der Waals surface area contributed by atoms with Crippen molar-refractivity contribution in [2.24, 2.45) is 0 Å². The number of aryl methyl sites for hydroxylation is 1. The minimum absolute atomic E-state index is 0.827. The molecule has 0 saturated carbocycles. The van der Waals surface area contributed by atoms with E-state index in [2.05, 4.69) is 36.2 Å². The van der Waals surface area contributed by atoms with Crippen LogP contribution in [0.25, 0.3) is 10.9 Å². The van der Waals surface area contributed by atoms with E-state index in [0.29, 0.717) is 0 Å². The zero-order chi connectivity index (χ0) is 13.2. The molecule has 0 aliphatic heterocycles. The van der Waals surface area contributed by atoms with Crippen LogP contribution in [0, 0.1) is 6.92 Å².